The molecule has 1 saturated heterocycles. The fourth-order valence-corrected chi connectivity index (χ4v) is 3.27. The second-order valence-corrected chi connectivity index (χ2v) is 7.11. The van der Waals surface area contributed by atoms with Crippen molar-refractivity contribution in [2.45, 2.75) is 0 Å². The van der Waals surface area contributed by atoms with Crippen LogP contribution in [0.25, 0.3) is 0 Å². The number of nitrogens with zero attached hydrogens (tertiary/aromatic N) is 3. The molecule has 0 bridgehead atoms. The molecule has 2 aromatic rings. The first-order chi connectivity index (χ1) is 14.0. The Morgan fingerprint density at radius 2 is 1.62 bits per heavy atom. The summed E-state index contributed by atoms with van der Waals surface area (Å²) in [5.41, 5.74) is 0.992. The van der Waals surface area contributed by atoms with Gasteiger partial charge in [-0.15, -0.1) is 0 Å². The third-order valence-corrected chi connectivity index (χ3v) is 5.03. The van der Waals surface area contributed by atoms with Gasteiger partial charge in [-0.2, -0.15) is 0 Å². The number of likely N-dealkylation sites (N-methyl/N-ethyl adjacent to an activating group) is 1. The van der Waals surface area contributed by atoms with Gasteiger partial charge in [0.25, 0.3) is 0 Å². The summed E-state index contributed by atoms with van der Waals surface area (Å²) in [6, 6.07) is 13.9. The van der Waals surface area contributed by atoms with Crippen molar-refractivity contribution in [3.8, 4) is 11.5 Å². The van der Waals surface area contributed by atoms with Gasteiger partial charge in [0, 0.05) is 38.4 Å². The highest BCUT2D eigenvalue weighted by atomic mass is 19.1. The summed E-state index contributed by atoms with van der Waals surface area (Å²) in [4.78, 5) is 18.6. The van der Waals surface area contributed by atoms with Crippen LogP contribution in [-0.2, 0) is 4.79 Å². The first-order valence-corrected chi connectivity index (χ1v) is 9.79. The van der Waals surface area contributed by atoms with Gasteiger partial charge in [-0.1, -0.05) is 0 Å². The molecule has 1 fully saturated rings. The van der Waals surface area contributed by atoms with E-state index in [9.17, 15) is 9.18 Å². The molecular formula is C22H28FN3O3. The van der Waals surface area contributed by atoms with Crippen molar-refractivity contribution in [2.24, 2.45) is 0 Å². The number of halogens is 1. The van der Waals surface area contributed by atoms with Gasteiger partial charge in [-0.25, -0.2) is 4.39 Å². The number of ether oxygens (including phenoxy) is 2. The first-order valence-electron chi connectivity index (χ1n) is 9.79. The number of benzene rings is 2. The van der Waals surface area contributed by atoms with Gasteiger partial charge in [-0.05, 0) is 55.6 Å². The number of methoxy groups -OCH3 is 1. The summed E-state index contributed by atoms with van der Waals surface area (Å²) in [6.07, 6.45) is 0. The molecule has 0 aromatic heterocycles. The molecule has 6 nitrogen and oxygen atoms in total. The Balaban J connectivity index is 1.36. The molecule has 29 heavy (non-hydrogen) atoms. The third kappa shape index (κ3) is 6.09. The molecule has 3 rings (SSSR count). The number of carbonyl (C=O) groups is 1. The Kier molecular flexibility index (Phi) is 7.30. The zero-order valence-electron chi connectivity index (χ0n) is 17.0. The van der Waals surface area contributed by atoms with E-state index in [2.05, 4.69) is 4.90 Å². The molecule has 1 heterocycles. The number of carbonyl (C=O) groups excluding carboxylic acids is 1. The number of hydrogen-bond donors (Lipinski definition) is 0. The topological polar surface area (TPSA) is 45.3 Å². The summed E-state index contributed by atoms with van der Waals surface area (Å²) in [5.74, 6) is 1.46. The Morgan fingerprint density at radius 1 is 1.00 bits per heavy atom. The summed E-state index contributed by atoms with van der Waals surface area (Å²) >= 11 is 0. The number of piperazine rings is 1. The predicted octanol–water partition coefficient (Wildman–Crippen LogP) is 2.49. The van der Waals surface area contributed by atoms with Crippen LogP contribution in [-0.4, -0.2) is 75.7 Å². The normalized spacial score (nSPS) is 14.2. The molecule has 7 heteroatoms. The van der Waals surface area contributed by atoms with Crippen LogP contribution in [0.15, 0.2) is 48.5 Å². The smallest absolute Gasteiger partial charge is 0.236 e. The quantitative estimate of drug-likeness (QED) is 0.680. The van der Waals surface area contributed by atoms with E-state index in [1.165, 1.54) is 12.1 Å². The van der Waals surface area contributed by atoms with E-state index in [4.69, 9.17) is 9.47 Å². The minimum Gasteiger partial charge on any atom is -0.497 e. The van der Waals surface area contributed by atoms with Crippen LogP contribution < -0.4 is 14.4 Å². The van der Waals surface area contributed by atoms with Crippen LogP contribution >= 0.6 is 0 Å². The average Bonchev–Trinajstić information content (AvgIpc) is 2.75. The van der Waals surface area contributed by atoms with Crippen molar-refractivity contribution < 1.29 is 18.7 Å². The zero-order valence-corrected chi connectivity index (χ0v) is 17.0. The molecule has 1 aliphatic rings. The van der Waals surface area contributed by atoms with Gasteiger partial charge in [-0.3, -0.25) is 9.69 Å². The Bertz CT molecular complexity index is 775. The zero-order chi connectivity index (χ0) is 20.6. The molecule has 1 amide bonds. The van der Waals surface area contributed by atoms with E-state index in [0.29, 0.717) is 32.8 Å². The van der Waals surface area contributed by atoms with Crippen molar-refractivity contribution in [2.75, 3.05) is 64.9 Å². The minimum atomic E-state index is -0.235. The van der Waals surface area contributed by atoms with Gasteiger partial charge in [0.05, 0.1) is 13.7 Å². The maximum atomic E-state index is 13.1. The molecule has 156 valence electrons. The first kappa shape index (κ1) is 20.9. The number of amides is 1. The van der Waals surface area contributed by atoms with E-state index < -0.39 is 0 Å². The molecule has 2 aromatic carbocycles. The maximum absolute atomic E-state index is 13.1. The van der Waals surface area contributed by atoms with E-state index >= 15 is 0 Å². The predicted molar refractivity (Wildman–Crippen MR) is 111 cm³/mol. The largest absolute Gasteiger partial charge is 0.497 e. The highest BCUT2D eigenvalue weighted by Crippen LogP contribution is 2.18. The van der Waals surface area contributed by atoms with Crippen LogP contribution in [0.4, 0.5) is 10.1 Å². The van der Waals surface area contributed by atoms with Crippen molar-refractivity contribution in [1.82, 2.24) is 9.80 Å². The standard InChI is InChI=1S/C22H28FN3O3/c1-24(15-16-29-21-9-7-20(28-2)8-10-21)17-22(27)26-13-11-25(12-14-26)19-5-3-18(23)4-6-19/h3-10H,11-17H2,1-2H3. The lowest BCUT2D eigenvalue weighted by atomic mass is 10.2. The van der Waals surface area contributed by atoms with Crippen LogP contribution in [0.2, 0.25) is 0 Å². The van der Waals surface area contributed by atoms with E-state index in [1.54, 1.807) is 19.2 Å². The molecule has 0 radical (unpaired) electrons. The number of hydrogen-bond acceptors (Lipinski definition) is 5. The number of anilines is 1. The Labute approximate surface area is 171 Å². The van der Waals surface area contributed by atoms with E-state index in [0.717, 1.165) is 30.3 Å². The van der Waals surface area contributed by atoms with Crippen LogP contribution in [0.1, 0.15) is 0 Å². The summed E-state index contributed by atoms with van der Waals surface area (Å²) in [7, 11) is 3.55. The van der Waals surface area contributed by atoms with Gasteiger partial charge in [0.2, 0.25) is 5.91 Å². The van der Waals surface area contributed by atoms with E-state index in [-0.39, 0.29) is 11.7 Å². The van der Waals surface area contributed by atoms with Crippen LogP contribution in [0, 0.1) is 5.82 Å². The number of rotatable bonds is 8. The monoisotopic (exact) mass is 401 g/mol. The highest BCUT2D eigenvalue weighted by Gasteiger charge is 2.22. The highest BCUT2D eigenvalue weighted by molar-refractivity contribution is 5.78. The molecule has 1 aliphatic heterocycles. The molecule has 0 saturated carbocycles. The van der Waals surface area contributed by atoms with Gasteiger partial charge in [0.1, 0.15) is 23.9 Å². The van der Waals surface area contributed by atoms with Crippen molar-refractivity contribution >= 4 is 11.6 Å². The second kappa shape index (κ2) is 10.1. The van der Waals surface area contributed by atoms with Gasteiger partial charge < -0.3 is 19.3 Å². The Morgan fingerprint density at radius 3 is 2.24 bits per heavy atom. The second-order valence-electron chi connectivity index (χ2n) is 7.11. The lowest BCUT2D eigenvalue weighted by Crippen LogP contribution is -2.51. The summed E-state index contributed by atoms with van der Waals surface area (Å²) < 4.78 is 23.9. The van der Waals surface area contributed by atoms with Crippen molar-refractivity contribution in [1.29, 1.82) is 0 Å². The lowest BCUT2D eigenvalue weighted by Gasteiger charge is -2.36. The summed E-state index contributed by atoms with van der Waals surface area (Å²) in [5, 5.41) is 0. The molecule has 0 unspecified atom stereocenters. The van der Waals surface area contributed by atoms with Crippen molar-refractivity contribution in [3.05, 3.63) is 54.3 Å². The fraction of sp³-hybridized carbons (Fsp3) is 0.409. The SMILES string of the molecule is COc1ccc(OCCN(C)CC(=O)N2CCN(c3ccc(F)cc3)CC2)cc1. The average molecular weight is 401 g/mol. The molecule has 0 spiro atoms. The molecule has 0 N–H and O–H groups in total. The Hall–Kier alpha value is -2.80. The van der Waals surface area contributed by atoms with Gasteiger partial charge in [0.15, 0.2) is 0 Å². The van der Waals surface area contributed by atoms with E-state index in [1.807, 2.05) is 41.1 Å². The lowest BCUT2D eigenvalue weighted by molar-refractivity contribution is -0.132. The summed E-state index contributed by atoms with van der Waals surface area (Å²) in [6.45, 7) is 4.38. The third-order valence-electron chi connectivity index (χ3n) is 5.03. The molecule has 0 atom stereocenters. The molecule has 0 aliphatic carbocycles. The van der Waals surface area contributed by atoms with Crippen LogP contribution in [0.5, 0.6) is 11.5 Å². The van der Waals surface area contributed by atoms with Crippen molar-refractivity contribution in [3.63, 3.8) is 0 Å². The van der Waals surface area contributed by atoms with Gasteiger partial charge >= 0.3 is 0 Å². The maximum Gasteiger partial charge on any atom is 0.236 e. The fourth-order valence-electron chi connectivity index (χ4n) is 3.27. The molecular weight excluding hydrogens is 373 g/mol. The minimum absolute atomic E-state index is 0.121. The van der Waals surface area contributed by atoms with Crippen LogP contribution in [0.3, 0.4) is 0 Å².